The summed E-state index contributed by atoms with van der Waals surface area (Å²) in [5, 5.41) is 9.65. The fourth-order valence-corrected chi connectivity index (χ4v) is 1.99. The van der Waals surface area contributed by atoms with Crippen LogP contribution in [0.3, 0.4) is 0 Å². The summed E-state index contributed by atoms with van der Waals surface area (Å²) in [6.45, 7) is 1.58. The van der Waals surface area contributed by atoms with E-state index in [2.05, 4.69) is 0 Å². The van der Waals surface area contributed by atoms with Gasteiger partial charge in [-0.1, -0.05) is 24.3 Å². The summed E-state index contributed by atoms with van der Waals surface area (Å²) in [7, 11) is 0. The number of carbonyl (C=O) groups excluding carboxylic acids is 1. The maximum atomic E-state index is 11.2. The number of fused-ring (bicyclic) bond motifs is 1. The van der Waals surface area contributed by atoms with E-state index in [4.69, 9.17) is 0 Å². The summed E-state index contributed by atoms with van der Waals surface area (Å²) >= 11 is 0. The van der Waals surface area contributed by atoms with Gasteiger partial charge in [-0.05, 0) is 24.5 Å². The molecule has 0 bridgehead atoms. The van der Waals surface area contributed by atoms with Crippen LogP contribution in [0.5, 0.6) is 0 Å². The Hall–Kier alpha value is -1.15. The van der Waals surface area contributed by atoms with Crippen molar-refractivity contribution in [1.82, 2.24) is 0 Å². The van der Waals surface area contributed by atoms with Crippen molar-refractivity contribution >= 4 is 5.78 Å². The zero-order valence-corrected chi connectivity index (χ0v) is 7.53. The molecule has 0 saturated carbocycles. The number of Topliss-reactive ketones (excluding diaryl/α,β-unsaturated/α-hetero) is 1. The van der Waals surface area contributed by atoms with Crippen molar-refractivity contribution < 1.29 is 9.90 Å². The van der Waals surface area contributed by atoms with E-state index < -0.39 is 6.10 Å². The maximum Gasteiger partial charge on any atom is 0.137 e. The van der Waals surface area contributed by atoms with E-state index in [9.17, 15) is 9.90 Å². The van der Waals surface area contributed by atoms with E-state index in [1.54, 1.807) is 6.92 Å². The summed E-state index contributed by atoms with van der Waals surface area (Å²) in [6.07, 6.45) is 0.0967. The first-order chi connectivity index (χ1) is 6.20. The number of ketones is 1. The van der Waals surface area contributed by atoms with Crippen LogP contribution >= 0.6 is 0 Å². The molecule has 1 aromatic carbocycles. The highest BCUT2D eigenvalue weighted by Gasteiger charge is 2.31. The van der Waals surface area contributed by atoms with Crippen molar-refractivity contribution in [3.63, 3.8) is 0 Å². The lowest BCUT2D eigenvalue weighted by molar-refractivity contribution is -0.118. The van der Waals surface area contributed by atoms with Crippen LogP contribution < -0.4 is 0 Å². The fraction of sp³-hybridized carbons (Fsp3) is 0.364. The summed E-state index contributed by atoms with van der Waals surface area (Å²) < 4.78 is 0. The molecule has 2 unspecified atom stereocenters. The van der Waals surface area contributed by atoms with Crippen LogP contribution in [-0.4, -0.2) is 10.9 Å². The largest absolute Gasteiger partial charge is 0.388 e. The average molecular weight is 176 g/mol. The van der Waals surface area contributed by atoms with Crippen molar-refractivity contribution in [3.05, 3.63) is 35.4 Å². The molecule has 1 aliphatic rings. The van der Waals surface area contributed by atoms with E-state index in [-0.39, 0.29) is 11.7 Å². The van der Waals surface area contributed by atoms with Gasteiger partial charge in [0.1, 0.15) is 5.78 Å². The molecular weight excluding hydrogens is 164 g/mol. The van der Waals surface area contributed by atoms with Crippen LogP contribution in [0.25, 0.3) is 0 Å². The quantitative estimate of drug-likeness (QED) is 0.708. The van der Waals surface area contributed by atoms with E-state index in [0.29, 0.717) is 6.42 Å². The third-order valence-corrected chi connectivity index (χ3v) is 2.68. The molecule has 68 valence electrons. The lowest BCUT2D eigenvalue weighted by atomic mass is 9.98. The molecule has 13 heavy (non-hydrogen) atoms. The molecule has 0 aromatic heterocycles. The minimum atomic E-state index is -0.454. The third kappa shape index (κ3) is 1.27. The number of hydrogen-bond acceptors (Lipinski definition) is 2. The highest BCUT2D eigenvalue weighted by atomic mass is 16.3. The van der Waals surface area contributed by atoms with Gasteiger partial charge in [0.15, 0.2) is 0 Å². The SMILES string of the molecule is CC(=O)C1CC(O)c2ccccc21. The second-order valence-electron chi connectivity index (χ2n) is 3.54. The molecule has 1 aliphatic carbocycles. The Morgan fingerprint density at radius 2 is 2.00 bits per heavy atom. The number of carbonyl (C=O) groups is 1. The van der Waals surface area contributed by atoms with E-state index in [0.717, 1.165) is 11.1 Å². The molecule has 1 N–H and O–H groups in total. The number of aliphatic hydroxyl groups excluding tert-OH is 1. The Morgan fingerprint density at radius 1 is 1.38 bits per heavy atom. The second kappa shape index (κ2) is 2.96. The van der Waals surface area contributed by atoms with Crippen LogP contribution in [0.15, 0.2) is 24.3 Å². The monoisotopic (exact) mass is 176 g/mol. The molecule has 2 atom stereocenters. The first kappa shape index (κ1) is 8.45. The van der Waals surface area contributed by atoms with Gasteiger partial charge in [0.25, 0.3) is 0 Å². The Bertz CT molecular complexity index is 344. The van der Waals surface area contributed by atoms with Crippen molar-refractivity contribution in [2.75, 3.05) is 0 Å². The zero-order valence-electron chi connectivity index (χ0n) is 7.53. The van der Waals surface area contributed by atoms with Gasteiger partial charge in [0.05, 0.1) is 6.10 Å². The standard InChI is InChI=1S/C11H12O2/c1-7(12)10-6-11(13)9-5-3-2-4-8(9)10/h2-5,10-11,13H,6H2,1H3. The van der Waals surface area contributed by atoms with Gasteiger partial charge >= 0.3 is 0 Å². The van der Waals surface area contributed by atoms with Crippen molar-refractivity contribution in [3.8, 4) is 0 Å². The molecule has 2 rings (SSSR count). The molecule has 2 heteroatoms. The van der Waals surface area contributed by atoms with E-state index >= 15 is 0 Å². The minimum absolute atomic E-state index is 0.0915. The molecule has 2 nitrogen and oxygen atoms in total. The first-order valence-corrected chi connectivity index (χ1v) is 4.47. The van der Waals surface area contributed by atoms with Gasteiger partial charge in [-0.3, -0.25) is 4.79 Å². The van der Waals surface area contributed by atoms with Gasteiger partial charge in [0.2, 0.25) is 0 Å². The maximum absolute atomic E-state index is 11.2. The third-order valence-electron chi connectivity index (χ3n) is 2.68. The molecule has 0 fully saturated rings. The number of aliphatic hydroxyl groups is 1. The number of benzene rings is 1. The normalized spacial score (nSPS) is 25.7. The zero-order chi connectivity index (χ0) is 9.42. The van der Waals surface area contributed by atoms with Crippen LogP contribution in [0.2, 0.25) is 0 Å². The summed E-state index contributed by atoms with van der Waals surface area (Å²) in [5.74, 6) is 0.0511. The summed E-state index contributed by atoms with van der Waals surface area (Å²) in [6, 6.07) is 7.62. The lowest BCUT2D eigenvalue weighted by Gasteiger charge is -2.04. The molecule has 0 aliphatic heterocycles. The van der Waals surface area contributed by atoms with Crippen molar-refractivity contribution in [2.24, 2.45) is 0 Å². The fourth-order valence-electron chi connectivity index (χ4n) is 1.99. The van der Waals surface area contributed by atoms with E-state index in [1.165, 1.54) is 0 Å². The lowest BCUT2D eigenvalue weighted by Crippen LogP contribution is -2.04. The molecule has 1 aromatic rings. The Balaban J connectivity index is 2.47. The van der Waals surface area contributed by atoms with Crippen LogP contribution in [0.1, 0.15) is 36.5 Å². The topological polar surface area (TPSA) is 37.3 Å². The van der Waals surface area contributed by atoms with Gasteiger partial charge in [-0.2, -0.15) is 0 Å². The van der Waals surface area contributed by atoms with Gasteiger partial charge < -0.3 is 5.11 Å². The minimum Gasteiger partial charge on any atom is -0.388 e. The molecule has 0 amide bonds. The summed E-state index contributed by atoms with van der Waals surface area (Å²) in [5.41, 5.74) is 1.92. The average Bonchev–Trinajstić information content (AvgIpc) is 2.45. The molecule has 0 saturated heterocycles. The highest BCUT2D eigenvalue weighted by molar-refractivity contribution is 5.84. The predicted octanol–water partition coefficient (Wildman–Crippen LogP) is 1.80. The van der Waals surface area contributed by atoms with Crippen molar-refractivity contribution in [1.29, 1.82) is 0 Å². The Morgan fingerprint density at radius 3 is 2.62 bits per heavy atom. The van der Waals surface area contributed by atoms with Crippen LogP contribution in [0, 0.1) is 0 Å². The molecule has 0 heterocycles. The Labute approximate surface area is 77.2 Å². The summed E-state index contributed by atoms with van der Waals surface area (Å²) in [4.78, 5) is 11.2. The highest BCUT2D eigenvalue weighted by Crippen LogP contribution is 2.40. The molecular formula is C11H12O2. The van der Waals surface area contributed by atoms with Crippen LogP contribution in [0.4, 0.5) is 0 Å². The van der Waals surface area contributed by atoms with Gasteiger partial charge in [-0.25, -0.2) is 0 Å². The van der Waals surface area contributed by atoms with Crippen LogP contribution in [-0.2, 0) is 4.79 Å². The smallest absolute Gasteiger partial charge is 0.137 e. The number of rotatable bonds is 1. The Kier molecular flexibility index (Phi) is 1.93. The molecule has 0 radical (unpaired) electrons. The second-order valence-corrected chi connectivity index (χ2v) is 3.54. The molecule has 0 spiro atoms. The number of hydrogen-bond donors (Lipinski definition) is 1. The van der Waals surface area contributed by atoms with Crippen molar-refractivity contribution in [2.45, 2.75) is 25.4 Å². The predicted molar refractivity (Wildman–Crippen MR) is 49.4 cm³/mol. The first-order valence-electron chi connectivity index (χ1n) is 4.47. The van der Waals surface area contributed by atoms with Gasteiger partial charge in [0, 0.05) is 5.92 Å². The van der Waals surface area contributed by atoms with Gasteiger partial charge in [-0.15, -0.1) is 0 Å². The van der Waals surface area contributed by atoms with E-state index in [1.807, 2.05) is 24.3 Å².